The number of benzene rings is 1. The molecule has 2 aliphatic rings. The summed E-state index contributed by atoms with van der Waals surface area (Å²) >= 11 is 0. The van der Waals surface area contributed by atoms with Crippen LogP contribution in [-0.4, -0.2) is 15.9 Å². The van der Waals surface area contributed by atoms with Crippen molar-refractivity contribution in [1.82, 2.24) is 9.97 Å². The van der Waals surface area contributed by atoms with Crippen molar-refractivity contribution in [2.24, 2.45) is 11.8 Å². The third-order valence-corrected chi connectivity index (χ3v) is 6.00. The second-order valence-electron chi connectivity index (χ2n) is 8.83. The highest BCUT2D eigenvalue weighted by atomic mass is 16.1. The van der Waals surface area contributed by atoms with E-state index < -0.39 is 0 Å². The molecular weight excluding hydrogens is 346 g/mol. The Morgan fingerprint density at radius 3 is 2.68 bits per heavy atom. The highest BCUT2D eigenvalue weighted by molar-refractivity contribution is 5.90. The zero-order valence-electron chi connectivity index (χ0n) is 17.1. The van der Waals surface area contributed by atoms with Crippen molar-refractivity contribution in [2.45, 2.75) is 71.6 Å². The third kappa shape index (κ3) is 4.26. The van der Waals surface area contributed by atoms with Gasteiger partial charge in [-0.3, -0.25) is 4.79 Å². The summed E-state index contributed by atoms with van der Waals surface area (Å²) in [6.07, 6.45) is 9.49. The SMILES string of the molecule is CC(C)Cc1nc2c(nc1NC(=O)CC1CCCCC1)CCc1ccccc1-2. The number of hydrogen-bond acceptors (Lipinski definition) is 3. The van der Waals surface area contributed by atoms with Crippen molar-refractivity contribution in [3.63, 3.8) is 0 Å². The number of anilines is 1. The first-order chi connectivity index (χ1) is 13.6. The molecule has 0 aliphatic heterocycles. The van der Waals surface area contributed by atoms with Gasteiger partial charge in [0.2, 0.25) is 5.91 Å². The van der Waals surface area contributed by atoms with Crippen molar-refractivity contribution < 1.29 is 4.79 Å². The summed E-state index contributed by atoms with van der Waals surface area (Å²) in [5.41, 5.74) is 5.47. The summed E-state index contributed by atoms with van der Waals surface area (Å²) < 4.78 is 0. The fourth-order valence-electron chi connectivity index (χ4n) is 4.58. The van der Waals surface area contributed by atoms with E-state index >= 15 is 0 Å². The van der Waals surface area contributed by atoms with E-state index in [0.29, 0.717) is 24.1 Å². The molecule has 2 aliphatic carbocycles. The van der Waals surface area contributed by atoms with Crippen LogP contribution in [0.3, 0.4) is 0 Å². The highest BCUT2D eigenvalue weighted by Crippen LogP contribution is 2.33. The molecule has 2 aromatic rings. The normalized spacial score (nSPS) is 16.5. The van der Waals surface area contributed by atoms with Gasteiger partial charge in [0.15, 0.2) is 5.82 Å². The fraction of sp³-hybridized carbons (Fsp3) is 0.542. The van der Waals surface area contributed by atoms with E-state index in [0.717, 1.165) is 36.3 Å². The van der Waals surface area contributed by atoms with Crippen LogP contribution < -0.4 is 5.32 Å². The molecule has 1 aromatic heterocycles. The number of hydrogen-bond donors (Lipinski definition) is 1. The summed E-state index contributed by atoms with van der Waals surface area (Å²) in [7, 11) is 0. The summed E-state index contributed by atoms with van der Waals surface area (Å²) in [5.74, 6) is 1.77. The molecule has 0 spiro atoms. The molecule has 1 N–H and O–H groups in total. The topological polar surface area (TPSA) is 54.9 Å². The number of carbonyl (C=O) groups is 1. The number of aryl methyl sites for hydroxylation is 2. The Morgan fingerprint density at radius 1 is 1.11 bits per heavy atom. The van der Waals surface area contributed by atoms with E-state index in [9.17, 15) is 4.79 Å². The van der Waals surface area contributed by atoms with E-state index in [-0.39, 0.29) is 5.91 Å². The Bertz CT molecular complexity index is 853. The number of nitrogens with one attached hydrogen (secondary N) is 1. The van der Waals surface area contributed by atoms with E-state index in [1.807, 2.05) is 0 Å². The minimum Gasteiger partial charge on any atom is -0.309 e. The quantitative estimate of drug-likeness (QED) is 0.764. The lowest BCUT2D eigenvalue weighted by Gasteiger charge is -2.23. The summed E-state index contributed by atoms with van der Waals surface area (Å²) in [6.45, 7) is 4.37. The number of rotatable bonds is 5. The Morgan fingerprint density at radius 2 is 1.89 bits per heavy atom. The van der Waals surface area contributed by atoms with Gasteiger partial charge in [0.25, 0.3) is 0 Å². The van der Waals surface area contributed by atoms with Crippen molar-refractivity contribution in [2.75, 3.05) is 5.32 Å². The summed E-state index contributed by atoms with van der Waals surface area (Å²) in [5, 5.41) is 3.12. The van der Waals surface area contributed by atoms with Crippen LogP contribution in [0.15, 0.2) is 24.3 Å². The lowest BCUT2D eigenvalue weighted by atomic mass is 9.87. The van der Waals surface area contributed by atoms with Gasteiger partial charge in [0, 0.05) is 12.0 Å². The molecule has 1 aromatic carbocycles. The predicted molar refractivity (Wildman–Crippen MR) is 113 cm³/mol. The predicted octanol–water partition coefficient (Wildman–Crippen LogP) is 5.35. The van der Waals surface area contributed by atoms with Gasteiger partial charge in [0.05, 0.1) is 17.1 Å². The lowest BCUT2D eigenvalue weighted by Crippen LogP contribution is -2.22. The molecule has 4 heteroatoms. The van der Waals surface area contributed by atoms with Gasteiger partial charge in [-0.2, -0.15) is 0 Å². The van der Waals surface area contributed by atoms with Gasteiger partial charge in [0.1, 0.15) is 0 Å². The monoisotopic (exact) mass is 377 g/mol. The van der Waals surface area contributed by atoms with Gasteiger partial charge < -0.3 is 5.32 Å². The van der Waals surface area contributed by atoms with Gasteiger partial charge in [-0.1, -0.05) is 57.4 Å². The average Bonchev–Trinajstić information content (AvgIpc) is 2.69. The van der Waals surface area contributed by atoms with E-state index in [4.69, 9.17) is 9.97 Å². The molecule has 1 fully saturated rings. The van der Waals surface area contributed by atoms with Crippen LogP contribution in [0.25, 0.3) is 11.3 Å². The van der Waals surface area contributed by atoms with Crippen LogP contribution in [0.5, 0.6) is 0 Å². The molecule has 0 radical (unpaired) electrons. The zero-order valence-corrected chi connectivity index (χ0v) is 17.1. The Kier molecular flexibility index (Phi) is 5.74. The Labute approximate surface area is 168 Å². The molecule has 0 saturated heterocycles. The molecule has 4 rings (SSSR count). The molecule has 28 heavy (non-hydrogen) atoms. The van der Waals surface area contributed by atoms with Crippen LogP contribution in [0.4, 0.5) is 5.82 Å². The first kappa shape index (κ1) is 19.1. The van der Waals surface area contributed by atoms with Crippen molar-refractivity contribution in [3.8, 4) is 11.3 Å². The van der Waals surface area contributed by atoms with Crippen molar-refractivity contribution >= 4 is 11.7 Å². The second kappa shape index (κ2) is 8.42. The molecule has 0 unspecified atom stereocenters. The average molecular weight is 378 g/mol. The maximum absolute atomic E-state index is 12.7. The number of carbonyl (C=O) groups excluding carboxylic acids is 1. The van der Waals surface area contributed by atoms with Gasteiger partial charge in [-0.15, -0.1) is 0 Å². The number of aromatic nitrogens is 2. The molecule has 1 amide bonds. The minimum atomic E-state index is 0.0994. The van der Waals surface area contributed by atoms with E-state index in [1.165, 1.54) is 43.2 Å². The van der Waals surface area contributed by atoms with E-state index in [2.05, 4.69) is 43.4 Å². The van der Waals surface area contributed by atoms with Crippen LogP contribution in [-0.2, 0) is 24.1 Å². The fourth-order valence-corrected chi connectivity index (χ4v) is 4.58. The minimum absolute atomic E-state index is 0.0994. The number of fused-ring (bicyclic) bond motifs is 3. The first-order valence-corrected chi connectivity index (χ1v) is 10.9. The Hall–Kier alpha value is -2.23. The van der Waals surface area contributed by atoms with Crippen LogP contribution in [0.1, 0.15) is 69.3 Å². The molecular formula is C24H31N3O. The standard InChI is InChI=1S/C24H31N3O/c1-16(2)14-21-24(27-22(28)15-17-8-4-3-5-9-17)26-20-13-12-18-10-6-7-11-19(18)23(20)25-21/h6-7,10-11,16-17H,3-5,8-9,12-15H2,1-2H3,(H,26,27,28). The lowest BCUT2D eigenvalue weighted by molar-refractivity contribution is -0.117. The van der Waals surface area contributed by atoms with E-state index in [1.54, 1.807) is 0 Å². The second-order valence-corrected chi connectivity index (χ2v) is 8.83. The molecule has 1 saturated carbocycles. The number of nitrogens with zero attached hydrogens (tertiary/aromatic N) is 2. The van der Waals surface area contributed by atoms with Crippen LogP contribution in [0, 0.1) is 11.8 Å². The maximum atomic E-state index is 12.7. The Balaban J connectivity index is 1.60. The molecule has 148 valence electrons. The van der Waals surface area contributed by atoms with Gasteiger partial charge >= 0.3 is 0 Å². The highest BCUT2D eigenvalue weighted by Gasteiger charge is 2.23. The maximum Gasteiger partial charge on any atom is 0.225 e. The van der Waals surface area contributed by atoms with Crippen LogP contribution in [0.2, 0.25) is 0 Å². The third-order valence-electron chi connectivity index (χ3n) is 6.00. The smallest absolute Gasteiger partial charge is 0.225 e. The molecule has 1 heterocycles. The zero-order chi connectivity index (χ0) is 19.5. The molecule has 0 atom stereocenters. The first-order valence-electron chi connectivity index (χ1n) is 10.9. The molecule has 0 bridgehead atoms. The number of amides is 1. The van der Waals surface area contributed by atoms with Crippen molar-refractivity contribution in [3.05, 3.63) is 41.2 Å². The van der Waals surface area contributed by atoms with Crippen LogP contribution >= 0.6 is 0 Å². The summed E-state index contributed by atoms with van der Waals surface area (Å²) in [6, 6.07) is 8.48. The molecule has 4 nitrogen and oxygen atoms in total. The summed E-state index contributed by atoms with van der Waals surface area (Å²) in [4.78, 5) is 22.6. The van der Waals surface area contributed by atoms with Gasteiger partial charge in [-0.25, -0.2) is 9.97 Å². The van der Waals surface area contributed by atoms with Crippen molar-refractivity contribution in [1.29, 1.82) is 0 Å². The van der Waals surface area contributed by atoms with Gasteiger partial charge in [-0.05, 0) is 49.5 Å². The largest absolute Gasteiger partial charge is 0.309 e.